The molecule has 0 aliphatic carbocycles. The molecular formula is C18H23FN6O2S. The van der Waals surface area contributed by atoms with Gasteiger partial charge in [0.05, 0.1) is 12.3 Å². The number of aromatic nitrogens is 2. The summed E-state index contributed by atoms with van der Waals surface area (Å²) in [6, 6.07) is 6.40. The number of fused-ring (bicyclic) bond motifs is 1. The number of hydrazine groups is 1. The molecule has 4 heterocycles. The lowest BCUT2D eigenvalue weighted by molar-refractivity contribution is 0.409. The Kier molecular flexibility index (Phi) is 5.17. The monoisotopic (exact) mass is 406 g/mol. The van der Waals surface area contributed by atoms with Crippen LogP contribution in [0.3, 0.4) is 0 Å². The van der Waals surface area contributed by atoms with Crippen molar-refractivity contribution in [1.29, 1.82) is 0 Å². The maximum atomic E-state index is 14.6. The van der Waals surface area contributed by atoms with Crippen LogP contribution in [0.2, 0.25) is 0 Å². The molecule has 150 valence electrons. The topological polar surface area (TPSA) is 99.2 Å². The van der Waals surface area contributed by atoms with Gasteiger partial charge in [0.15, 0.2) is 0 Å². The van der Waals surface area contributed by atoms with E-state index in [0.29, 0.717) is 30.4 Å². The van der Waals surface area contributed by atoms with Gasteiger partial charge in [-0.05, 0) is 37.0 Å². The summed E-state index contributed by atoms with van der Waals surface area (Å²) >= 11 is 0. The molecule has 0 radical (unpaired) electrons. The minimum Gasteiger partial charge on any atom is -0.356 e. The zero-order chi connectivity index (χ0) is 19.7. The van der Waals surface area contributed by atoms with Gasteiger partial charge in [0, 0.05) is 31.4 Å². The van der Waals surface area contributed by atoms with E-state index >= 15 is 0 Å². The standard InChI is InChI=1S/C18H23FN6O2S/c1-28(26,27)21-10-12-4-3-9-25(11-12)15-7-6-14(19)17(22-15)16-13-5-2-8-20-18(13)24-23-16/h2,5-8,12,16,21,23H,3-4,9-11H2,1H3,(H,20,24). The van der Waals surface area contributed by atoms with Gasteiger partial charge in [-0.15, -0.1) is 0 Å². The van der Waals surface area contributed by atoms with Crippen molar-refractivity contribution in [1.82, 2.24) is 20.1 Å². The molecule has 28 heavy (non-hydrogen) atoms. The second-order valence-corrected chi connectivity index (χ2v) is 9.09. The molecule has 2 aliphatic rings. The second-order valence-electron chi connectivity index (χ2n) is 7.25. The SMILES string of the molecule is CS(=O)(=O)NCC1CCCN(c2ccc(F)c(C3NNc4ncccc43)n2)C1. The van der Waals surface area contributed by atoms with Crippen LogP contribution in [0, 0.1) is 11.7 Å². The van der Waals surface area contributed by atoms with Gasteiger partial charge in [-0.3, -0.25) is 0 Å². The van der Waals surface area contributed by atoms with Gasteiger partial charge in [-0.1, -0.05) is 6.07 Å². The van der Waals surface area contributed by atoms with E-state index in [2.05, 4.69) is 30.4 Å². The highest BCUT2D eigenvalue weighted by molar-refractivity contribution is 7.88. The van der Waals surface area contributed by atoms with Crippen molar-refractivity contribution in [2.24, 2.45) is 5.92 Å². The Morgan fingerprint density at radius 2 is 2.21 bits per heavy atom. The van der Waals surface area contributed by atoms with Crippen molar-refractivity contribution in [2.45, 2.75) is 18.9 Å². The van der Waals surface area contributed by atoms with Crippen LogP contribution in [0.5, 0.6) is 0 Å². The van der Waals surface area contributed by atoms with E-state index in [9.17, 15) is 12.8 Å². The summed E-state index contributed by atoms with van der Waals surface area (Å²) in [5.41, 5.74) is 7.17. The minimum absolute atomic E-state index is 0.190. The predicted molar refractivity (Wildman–Crippen MR) is 105 cm³/mol. The lowest BCUT2D eigenvalue weighted by atomic mass is 9.98. The molecule has 0 amide bonds. The summed E-state index contributed by atoms with van der Waals surface area (Å²) in [7, 11) is -3.21. The summed E-state index contributed by atoms with van der Waals surface area (Å²) in [5.74, 6) is 1.17. The largest absolute Gasteiger partial charge is 0.356 e. The normalized spacial score (nSPS) is 22.0. The molecule has 2 aromatic rings. The number of hydrogen-bond acceptors (Lipinski definition) is 7. The summed E-state index contributed by atoms with van der Waals surface area (Å²) in [6.45, 7) is 1.88. The fourth-order valence-electron chi connectivity index (χ4n) is 3.72. The van der Waals surface area contributed by atoms with E-state index in [1.807, 2.05) is 12.1 Å². The van der Waals surface area contributed by atoms with Crippen LogP contribution < -0.4 is 20.5 Å². The number of halogens is 1. The first kappa shape index (κ1) is 19.0. The first-order valence-electron chi connectivity index (χ1n) is 9.23. The zero-order valence-corrected chi connectivity index (χ0v) is 16.3. The van der Waals surface area contributed by atoms with E-state index in [4.69, 9.17) is 0 Å². The van der Waals surface area contributed by atoms with Crippen molar-refractivity contribution >= 4 is 21.7 Å². The lowest BCUT2D eigenvalue weighted by Crippen LogP contribution is -2.41. The Hall–Kier alpha value is -2.30. The molecule has 0 saturated carbocycles. The van der Waals surface area contributed by atoms with E-state index < -0.39 is 16.1 Å². The molecule has 0 bridgehead atoms. The van der Waals surface area contributed by atoms with Gasteiger partial charge in [0.2, 0.25) is 10.0 Å². The van der Waals surface area contributed by atoms with E-state index in [1.165, 1.54) is 6.07 Å². The average molecular weight is 406 g/mol. The Bertz CT molecular complexity index is 970. The molecule has 2 aromatic heterocycles. The fourth-order valence-corrected chi connectivity index (χ4v) is 4.26. The van der Waals surface area contributed by atoms with Crippen molar-refractivity contribution in [3.63, 3.8) is 0 Å². The maximum absolute atomic E-state index is 14.6. The first-order valence-corrected chi connectivity index (χ1v) is 11.1. The Labute approximate surface area is 163 Å². The predicted octanol–water partition coefficient (Wildman–Crippen LogP) is 1.40. The number of anilines is 2. The summed E-state index contributed by atoms with van der Waals surface area (Å²) < 4.78 is 39.9. The highest BCUT2D eigenvalue weighted by Crippen LogP contribution is 2.33. The smallest absolute Gasteiger partial charge is 0.208 e. The number of nitrogens with one attached hydrogen (secondary N) is 3. The molecule has 10 heteroatoms. The third-order valence-corrected chi connectivity index (χ3v) is 5.78. The highest BCUT2D eigenvalue weighted by Gasteiger charge is 2.29. The summed E-state index contributed by atoms with van der Waals surface area (Å²) in [5, 5.41) is 0. The van der Waals surface area contributed by atoms with Gasteiger partial charge in [0.1, 0.15) is 23.1 Å². The third-order valence-electron chi connectivity index (χ3n) is 5.09. The highest BCUT2D eigenvalue weighted by atomic mass is 32.2. The molecule has 1 fully saturated rings. The van der Waals surface area contributed by atoms with Crippen LogP contribution >= 0.6 is 0 Å². The molecule has 0 spiro atoms. The molecule has 1 saturated heterocycles. The lowest BCUT2D eigenvalue weighted by Gasteiger charge is -2.34. The van der Waals surface area contributed by atoms with E-state index in [0.717, 1.165) is 31.2 Å². The Balaban J connectivity index is 1.54. The number of sulfonamides is 1. The van der Waals surface area contributed by atoms with Crippen LogP contribution in [0.1, 0.15) is 30.1 Å². The van der Waals surface area contributed by atoms with Gasteiger partial charge in [0.25, 0.3) is 0 Å². The molecule has 8 nitrogen and oxygen atoms in total. The minimum atomic E-state index is -3.21. The summed E-state index contributed by atoms with van der Waals surface area (Å²) in [4.78, 5) is 10.9. The van der Waals surface area contributed by atoms with Gasteiger partial charge < -0.3 is 10.3 Å². The maximum Gasteiger partial charge on any atom is 0.208 e. The number of hydrogen-bond donors (Lipinski definition) is 3. The van der Waals surface area contributed by atoms with Crippen molar-refractivity contribution in [2.75, 3.05) is 36.2 Å². The second kappa shape index (κ2) is 7.61. The molecule has 2 aliphatic heterocycles. The van der Waals surface area contributed by atoms with E-state index in [-0.39, 0.29) is 11.7 Å². The molecule has 2 atom stereocenters. The zero-order valence-electron chi connectivity index (χ0n) is 15.5. The molecule has 2 unspecified atom stereocenters. The molecular weight excluding hydrogens is 383 g/mol. The van der Waals surface area contributed by atoms with Crippen LogP contribution in [-0.2, 0) is 10.0 Å². The van der Waals surface area contributed by atoms with Gasteiger partial charge >= 0.3 is 0 Å². The first-order chi connectivity index (χ1) is 13.4. The molecule has 4 rings (SSSR count). The van der Waals surface area contributed by atoms with Crippen LogP contribution in [0.25, 0.3) is 0 Å². The molecule has 3 N–H and O–H groups in total. The van der Waals surface area contributed by atoms with Crippen LogP contribution in [-0.4, -0.2) is 44.3 Å². The quantitative estimate of drug-likeness (QED) is 0.690. The average Bonchev–Trinajstić information content (AvgIpc) is 3.10. The van der Waals surface area contributed by atoms with Crippen molar-refractivity contribution in [3.8, 4) is 0 Å². The van der Waals surface area contributed by atoms with E-state index in [1.54, 1.807) is 12.3 Å². The van der Waals surface area contributed by atoms with Gasteiger partial charge in [-0.25, -0.2) is 32.9 Å². The van der Waals surface area contributed by atoms with Crippen molar-refractivity contribution < 1.29 is 12.8 Å². The number of pyridine rings is 2. The van der Waals surface area contributed by atoms with Crippen molar-refractivity contribution in [3.05, 3.63) is 47.5 Å². The number of rotatable bonds is 5. The Morgan fingerprint density at radius 1 is 1.36 bits per heavy atom. The van der Waals surface area contributed by atoms with Gasteiger partial charge in [-0.2, -0.15) is 0 Å². The number of nitrogens with zero attached hydrogens (tertiary/aromatic N) is 3. The molecule has 0 aromatic carbocycles. The van der Waals surface area contributed by atoms with Crippen LogP contribution in [0.4, 0.5) is 16.0 Å². The van der Waals surface area contributed by atoms with Crippen LogP contribution in [0.15, 0.2) is 30.5 Å². The third kappa shape index (κ3) is 4.08. The fraction of sp³-hybridized carbons (Fsp3) is 0.444. The Morgan fingerprint density at radius 3 is 3.04 bits per heavy atom. The number of piperidine rings is 1. The summed E-state index contributed by atoms with van der Waals surface area (Å²) in [6.07, 6.45) is 4.71.